The first-order chi connectivity index (χ1) is 9.51. The van der Waals surface area contributed by atoms with Crippen molar-refractivity contribution in [3.05, 3.63) is 0 Å². The quantitative estimate of drug-likeness (QED) is 0.349. The largest absolute Gasteiger partial charge is 0.519 e. The van der Waals surface area contributed by atoms with Gasteiger partial charge < -0.3 is 18.0 Å². The third-order valence-corrected chi connectivity index (χ3v) is 7.12. The molecule has 0 bridgehead atoms. The van der Waals surface area contributed by atoms with Gasteiger partial charge in [-0.15, -0.1) is 0 Å². The van der Waals surface area contributed by atoms with Crippen LogP contribution in [0.2, 0.25) is 5.04 Å². The molecular weight excluding hydrogens is 308 g/mol. The summed E-state index contributed by atoms with van der Waals surface area (Å²) in [4.78, 5) is 23.9. The van der Waals surface area contributed by atoms with Gasteiger partial charge in [0.1, 0.15) is 5.04 Å². The van der Waals surface area contributed by atoms with Crippen LogP contribution in [0.3, 0.4) is 0 Å². The van der Waals surface area contributed by atoms with Gasteiger partial charge in [0.25, 0.3) is 0 Å². The van der Waals surface area contributed by atoms with Crippen LogP contribution in [0.5, 0.6) is 0 Å². The lowest BCUT2D eigenvalue weighted by Gasteiger charge is -2.39. The Hall–Kier alpha value is -0.546. The minimum Gasteiger partial charge on any atom is -0.393 e. The maximum absolute atomic E-state index is 12.3. The molecule has 0 saturated carbocycles. The smallest absolute Gasteiger partial charge is 0.393 e. The highest BCUT2D eigenvalue weighted by molar-refractivity contribution is 6.69. The first-order valence-electron chi connectivity index (χ1n) is 7.18. The summed E-state index contributed by atoms with van der Waals surface area (Å²) in [7, 11) is -3.33. The molecule has 0 aliphatic carbocycles. The molecule has 0 amide bonds. The minimum atomic E-state index is -3.33. The Kier molecular flexibility index (Phi) is 8.56. The van der Waals surface area contributed by atoms with E-state index in [9.17, 15) is 9.59 Å². The van der Waals surface area contributed by atoms with Gasteiger partial charge in [-0.3, -0.25) is 9.59 Å². The second kappa shape index (κ2) is 8.79. The summed E-state index contributed by atoms with van der Waals surface area (Å²) in [6.07, 6.45) is 1.15. The Morgan fingerprint density at radius 3 is 1.81 bits per heavy atom. The van der Waals surface area contributed by atoms with Crippen molar-refractivity contribution in [2.75, 3.05) is 19.8 Å². The lowest BCUT2D eigenvalue weighted by atomic mass is 10.0. The molecule has 0 aromatic rings. The molecule has 1 aliphatic rings. The standard InChI is InChI=1S/C13H24O6Si.H4Si/c1-5-9-13(10-11(14)19-12(13)15)20(16-6-2,17-7-3)18-8-4;/h5-10H2,1-4H3;1H4. The van der Waals surface area contributed by atoms with E-state index in [1.165, 1.54) is 0 Å². The molecule has 0 spiro atoms. The van der Waals surface area contributed by atoms with Crippen molar-refractivity contribution in [1.82, 2.24) is 0 Å². The molecule has 0 aromatic heterocycles. The summed E-state index contributed by atoms with van der Waals surface area (Å²) in [5, 5.41) is -1.10. The molecule has 0 aromatic carbocycles. The van der Waals surface area contributed by atoms with Crippen LogP contribution in [0.25, 0.3) is 0 Å². The summed E-state index contributed by atoms with van der Waals surface area (Å²) in [6, 6.07) is 0. The molecule has 1 rings (SSSR count). The summed E-state index contributed by atoms with van der Waals surface area (Å²) >= 11 is 0. The number of carbonyl (C=O) groups excluding carboxylic acids is 2. The minimum absolute atomic E-state index is 0. The van der Waals surface area contributed by atoms with Gasteiger partial charge in [-0.2, -0.15) is 0 Å². The molecule has 1 atom stereocenters. The normalized spacial score (nSPS) is 22.1. The highest BCUT2D eigenvalue weighted by Crippen LogP contribution is 2.52. The number of hydrogen-bond acceptors (Lipinski definition) is 6. The van der Waals surface area contributed by atoms with Crippen molar-refractivity contribution in [2.45, 2.75) is 52.0 Å². The highest BCUT2D eigenvalue weighted by Gasteiger charge is 2.70. The number of cyclic esters (lactones) is 2. The molecule has 0 radical (unpaired) electrons. The summed E-state index contributed by atoms with van der Waals surface area (Å²) < 4.78 is 22.2. The second-order valence-electron chi connectivity index (χ2n) is 4.63. The van der Waals surface area contributed by atoms with E-state index in [0.717, 1.165) is 0 Å². The average Bonchev–Trinajstić information content (AvgIpc) is 2.66. The topological polar surface area (TPSA) is 71.1 Å². The van der Waals surface area contributed by atoms with Gasteiger partial charge in [-0.05, 0) is 38.2 Å². The van der Waals surface area contributed by atoms with Crippen LogP contribution in [0.15, 0.2) is 0 Å². The van der Waals surface area contributed by atoms with Gasteiger partial charge >= 0.3 is 20.7 Å². The zero-order valence-corrected chi connectivity index (χ0v) is 13.7. The highest BCUT2D eigenvalue weighted by atomic mass is 28.4. The molecule has 8 heteroatoms. The van der Waals surface area contributed by atoms with Crippen LogP contribution in [0, 0.1) is 0 Å². The van der Waals surface area contributed by atoms with Gasteiger partial charge in [0, 0.05) is 19.8 Å². The first-order valence-corrected chi connectivity index (χ1v) is 8.91. The number of ether oxygens (including phenoxy) is 1. The molecule has 1 saturated heterocycles. The second-order valence-corrected chi connectivity index (χ2v) is 7.56. The fourth-order valence-electron chi connectivity index (χ4n) is 2.67. The summed E-state index contributed by atoms with van der Waals surface area (Å²) in [5.74, 6) is -1.09. The average molecular weight is 337 g/mol. The molecule has 21 heavy (non-hydrogen) atoms. The maximum atomic E-state index is 12.3. The maximum Gasteiger partial charge on any atom is 0.519 e. The van der Waals surface area contributed by atoms with Gasteiger partial charge in [0.15, 0.2) is 0 Å². The molecular formula is C13H28O6Si2. The van der Waals surface area contributed by atoms with E-state index in [1.807, 2.05) is 27.7 Å². The predicted octanol–water partition coefficient (Wildman–Crippen LogP) is 0.597. The van der Waals surface area contributed by atoms with E-state index in [4.69, 9.17) is 18.0 Å². The molecule has 0 N–H and O–H groups in total. The number of esters is 2. The Labute approximate surface area is 131 Å². The number of rotatable bonds is 9. The Morgan fingerprint density at radius 1 is 1.05 bits per heavy atom. The van der Waals surface area contributed by atoms with Crippen LogP contribution in [-0.2, 0) is 27.6 Å². The first kappa shape index (κ1) is 20.5. The molecule has 124 valence electrons. The molecule has 1 aliphatic heterocycles. The van der Waals surface area contributed by atoms with Crippen LogP contribution < -0.4 is 0 Å². The molecule has 1 unspecified atom stereocenters. The van der Waals surface area contributed by atoms with Gasteiger partial charge in [-0.25, -0.2) is 0 Å². The van der Waals surface area contributed by atoms with Crippen LogP contribution >= 0.6 is 0 Å². The van der Waals surface area contributed by atoms with Crippen LogP contribution in [-0.4, -0.2) is 51.5 Å². The van der Waals surface area contributed by atoms with Crippen molar-refractivity contribution in [1.29, 1.82) is 0 Å². The van der Waals surface area contributed by atoms with E-state index in [1.54, 1.807) is 0 Å². The zero-order valence-electron chi connectivity index (χ0n) is 12.7. The van der Waals surface area contributed by atoms with E-state index in [-0.39, 0.29) is 17.4 Å². The monoisotopic (exact) mass is 336 g/mol. The van der Waals surface area contributed by atoms with E-state index in [0.29, 0.717) is 32.7 Å². The van der Waals surface area contributed by atoms with Crippen molar-refractivity contribution in [2.24, 2.45) is 0 Å². The fourth-order valence-corrected chi connectivity index (χ4v) is 6.11. The third-order valence-electron chi connectivity index (χ3n) is 3.31. The SMILES string of the molecule is CCCC1([Si](OCC)(OCC)OCC)CC(=O)OC1=O.[SiH4]. The Balaban J connectivity index is 0.00000400. The van der Waals surface area contributed by atoms with Gasteiger partial charge in [0.05, 0.1) is 6.42 Å². The zero-order chi connectivity index (χ0) is 15.2. The molecule has 1 heterocycles. The third kappa shape index (κ3) is 3.81. The molecule has 1 fully saturated rings. The van der Waals surface area contributed by atoms with E-state index >= 15 is 0 Å². The lowest BCUT2D eigenvalue weighted by Crippen LogP contribution is -2.58. The van der Waals surface area contributed by atoms with Crippen molar-refractivity contribution < 1.29 is 27.6 Å². The van der Waals surface area contributed by atoms with Crippen molar-refractivity contribution >= 4 is 31.7 Å². The predicted molar refractivity (Wildman–Crippen MR) is 85.3 cm³/mol. The van der Waals surface area contributed by atoms with Crippen molar-refractivity contribution in [3.8, 4) is 0 Å². The fraction of sp³-hybridized carbons (Fsp3) is 0.846. The number of hydrogen-bond donors (Lipinski definition) is 0. The summed E-state index contributed by atoms with van der Waals surface area (Å²) in [5.41, 5.74) is 0. The Morgan fingerprint density at radius 2 is 1.52 bits per heavy atom. The van der Waals surface area contributed by atoms with E-state index < -0.39 is 25.8 Å². The van der Waals surface area contributed by atoms with Gasteiger partial charge in [0.2, 0.25) is 0 Å². The summed E-state index contributed by atoms with van der Waals surface area (Å²) in [6.45, 7) is 8.49. The van der Waals surface area contributed by atoms with Crippen molar-refractivity contribution in [3.63, 3.8) is 0 Å². The number of carbonyl (C=O) groups is 2. The van der Waals surface area contributed by atoms with Crippen LogP contribution in [0.4, 0.5) is 0 Å². The van der Waals surface area contributed by atoms with Crippen LogP contribution in [0.1, 0.15) is 47.0 Å². The molecule has 6 nitrogen and oxygen atoms in total. The Bertz CT molecular complexity index is 346. The lowest BCUT2D eigenvalue weighted by molar-refractivity contribution is -0.153. The van der Waals surface area contributed by atoms with E-state index in [2.05, 4.69) is 0 Å². The van der Waals surface area contributed by atoms with Gasteiger partial charge in [-0.1, -0.05) is 13.3 Å².